The lowest BCUT2D eigenvalue weighted by Gasteiger charge is -2.07. The molecule has 0 spiro atoms. The van der Waals surface area contributed by atoms with Gasteiger partial charge in [-0.05, 0) is 29.5 Å². The monoisotopic (exact) mass is 197 g/mol. The van der Waals surface area contributed by atoms with E-state index in [-0.39, 0.29) is 0 Å². The lowest BCUT2D eigenvalue weighted by Crippen LogP contribution is -2.11. The second kappa shape index (κ2) is 3.52. The standard InChI is InChI=1S/C10H15NOS/c1-8(2)9-4-6-10(7-5-9)13(3,11)12/h4-8H,3H2,1-2H3,(H2,11,12). The summed E-state index contributed by atoms with van der Waals surface area (Å²) in [7, 11) is -2.55. The third kappa shape index (κ3) is 2.57. The van der Waals surface area contributed by atoms with E-state index in [1.165, 1.54) is 5.56 Å². The molecule has 1 unspecified atom stereocenters. The zero-order chi connectivity index (χ0) is 10.1. The molecule has 1 rings (SSSR count). The molecule has 1 aromatic rings. The summed E-state index contributed by atoms with van der Waals surface area (Å²) < 4.78 is 11.3. The first-order valence-electron chi connectivity index (χ1n) is 4.16. The fourth-order valence-corrected chi connectivity index (χ4v) is 1.68. The Bertz CT molecular complexity index is 376. The predicted octanol–water partition coefficient (Wildman–Crippen LogP) is 1.76. The molecule has 1 aromatic carbocycles. The second-order valence-electron chi connectivity index (χ2n) is 3.45. The van der Waals surface area contributed by atoms with Gasteiger partial charge in [-0.25, -0.2) is 4.21 Å². The van der Waals surface area contributed by atoms with Crippen LogP contribution in [0.5, 0.6) is 0 Å². The molecule has 72 valence electrons. The van der Waals surface area contributed by atoms with Crippen LogP contribution in [-0.2, 0) is 9.71 Å². The molecular formula is C10H15NOS. The van der Waals surface area contributed by atoms with E-state index in [0.29, 0.717) is 10.8 Å². The molecule has 0 bridgehead atoms. The maximum Gasteiger partial charge on any atom is 0.0507 e. The number of hydrogen-bond acceptors (Lipinski definition) is 1. The van der Waals surface area contributed by atoms with Gasteiger partial charge in [0.2, 0.25) is 0 Å². The number of benzene rings is 1. The van der Waals surface area contributed by atoms with Crippen LogP contribution in [-0.4, -0.2) is 10.1 Å². The summed E-state index contributed by atoms with van der Waals surface area (Å²) >= 11 is 0. The van der Waals surface area contributed by atoms with Crippen molar-refractivity contribution in [2.24, 2.45) is 5.14 Å². The molecule has 1 atom stereocenters. The fourth-order valence-electron chi connectivity index (χ4n) is 1.08. The molecular weight excluding hydrogens is 182 g/mol. The van der Waals surface area contributed by atoms with Gasteiger partial charge in [-0.3, -0.25) is 5.14 Å². The molecule has 3 heteroatoms. The minimum Gasteiger partial charge on any atom is -0.256 e. The van der Waals surface area contributed by atoms with Crippen LogP contribution in [0.4, 0.5) is 0 Å². The van der Waals surface area contributed by atoms with E-state index in [9.17, 15) is 4.21 Å². The Hall–Kier alpha value is -0.800. The normalized spacial score (nSPS) is 15.7. The first-order chi connectivity index (χ1) is 5.91. The van der Waals surface area contributed by atoms with Crippen molar-refractivity contribution in [3.05, 3.63) is 29.8 Å². The smallest absolute Gasteiger partial charge is 0.0507 e. The van der Waals surface area contributed by atoms with E-state index < -0.39 is 9.71 Å². The summed E-state index contributed by atoms with van der Waals surface area (Å²) in [5.74, 6) is 3.90. The molecule has 0 aliphatic carbocycles. The van der Waals surface area contributed by atoms with Crippen molar-refractivity contribution in [1.82, 2.24) is 0 Å². The Morgan fingerprint density at radius 2 is 1.77 bits per heavy atom. The van der Waals surface area contributed by atoms with Gasteiger partial charge in [0.25, 0.3) is 0 Å². The highest BCUT2D eigenvalue weighted by Crippen LogP contribution is 2.16. The predicted molar refractivity (Wildman–Crippen MR) is 58.2 cm³/mol. The van der Waals surface area contributed by atoms with Crippen LogP contribution in [0.3, 0.4) is 0 Å². The molecule has 0 saturated heterocycles. The Kier molecular flexibility index (Phi) is 2.78. The zero-order valence-corrected chi connectivity index (χ0v) is 8.80. The van der Waals surface area contributed by atoms with E-state index in [2.05, 4.69) is 19.7 Å². The van der Waals surface area contributed by atoms with Gasteiger partial charge in [-0.15, -0.1) is 0 Å². The van der Waals surface area contributed by atoms with E-state index in [1.54, 1.807) is 12.1 Å². The molecule has 2 nitrogen and oxygen atoms in total. The zero-order valence-electron chi connectivity index (χ0n) is 7.99. The van der Waals surface area contributed by atoms with Gasteiger partial charge in [-0.1, -0.05) is 26.0 Å². The van der Waals surface area contributed by atoms with Crippen molar-refractivity contribution in [2.45, 2.75) is 24.7 Å². The highest BCUT2D eigenvalue weighted by atomic mass is 32.2. The quantitative estimate of drug-likeness (QED) is 0.721. The summed E-state index contributed by atoms with van der Waals surface area (Å²) in [6, 6.07) is 7.45. The van der Waals surface area contributed by atoms with Crippen LogP contribution in [0, 0.1) is 0 Å². The molecule has 13 heavy (non-hydrogen) atoms. The van der Waals surface area contributed by atoms with E-state index in [1.807, 2.05) is 12.1 Å². The molecule has 0 amide bonds. The Morgan fingerprint density at radius 1 is 1.31 bits per heavy atom. The molecule has 0 heterocycles. The lowest BCUT2D eigenvalue weighted by atomic mass is 10.0. The van der Waals surface area contributed by atoms with Gasteiger partial charge in [0, 0.05) is 4.90 Å². The minimum atomic E-state index is -2.55. The largest absolute Gasteiger partial charge is 0.256 e. The lowest BCUT2D eigenvalue weighted by molar-refractivity contribution is 0.682. The number of hydrogen-bond donors (Lipinski definition) is 1. The number of rotatable bonds is 2. The van der Waals surface area contributed by atoms with Crippen LogP contribution in [0.25, 0.3) is 0 Å². The SMILES string of the molecule is C=S(N)(=O)c1ccc(C(C)C)cc1. The van der Waals surface area contributed by atoms with Gasteiger partial charge < -0.3 is 0 Å². The Morgan fingerprint density at radius 3 is 2.08 bits per heavy atom. The molecule has 0 aliphatic heterocycles. The highest BCUT2D eigenvalue weighted by Gasteiger charge is 2.02. The van der Waals surface area contributed by atoms with Crippen LogP contribution >= 0.6 is 0 Å². The maximum atomic E-state index is 11.3. The minimum absolute atomic E-state index is 0.479. The van der Waals surface area contributed by atoms with E-state index >= 15 is 0 Å². The van der Waals surface area contributed by atoms with Crippen molar-refractivity contribution >= 4 is 15.6 Å². The molecule has 2 N–H and O–H groups in total. The molecule has 0 aromatic heterocycles. The van der Waals surface area contributed by atoms with Gasteiger partial charge in [-0.2, -0.15) is 0 Å². The summed E-state index contributed by atoms with van der Waals surface area (Å²) in [4.78, 5) is 0.608. The third-order valence-corrected chi connectivity index (χ3v) is 3.02. The van der Waals surface area contributed by atoms with E-state index in [4.69, 9.17) is 5.14 Å². The summed E-state index contributed by atoms with van der Waals surface area (Å²) in [5.41, 5.74) is 1.22. The second-order valence-corrected chi connectivity index (χ2v) is 5.37. The van der Waals surface area contributed by atoms with Crippen molar-refractivity contribution in [3.63, 3.8) is 0 Å². The Balaban J connectivity index is 3.08. The van der Waals surface area contributed by atoms with Crippen LogP contribution in [0.15, 0.2) is 29.2 Å². The summed E-state index contributed by atoms with van der Waals surface area (Å²) in [5, 5.41) is 5.40. The van der Waals surface area contributed by atoms with Gasteiger partial charge in [0.1, 0.15) is 0 Å². The van der Waals surface area contributed by atoms with Crippen molar-refractivity contribution in [3.8, 4) is 0 Å². The van der Waals surface area contributed by atoms with Gasteiger partial charge in [0.05, 0.1) is 9.71 Å². The Labute approximate surface area is 79.9 Å². The molecule has 0 radical (unpaired) electrons. The summed E-state index contributed by atoms with van der Waals surface area (Å²) in [6.45, 7) is 4.22. The van der Waals surface area contributed by atoms with Gasteiger partial charge in [0.15, 0.2) is 0 Å². The maximum absolute atomic E-state index is 11.3. The molecule has 0 aliphatic rings. The summed E-state index contributed by atoms with van der Waals surface area (Å²) in [6.07, 6.45) is 0. The average Bonchev–Trinajstić information content (AvgIpc) is 2.03. The third-order valence-electron chi connectivity index (χ3n) is 1.95. The number of nitrogens with two attached hydrogens (primary N) is 1. The van der Waals surface area contributed by atoms with Crippen molar-refractivity contribution in [2.75, 3.05) is 0 Å². The van der Waals surface area contributed by atoms with Crippen molar-refractivity contribution < 1.29 is 4.21 Å². The average molecular weight is 197 g/mol. The van der Waals surface area contributed by atoms with Crippen LogP contribution < -0.4 is 5.14 Å². The topological polar surface area (TPSA) is 43.1 Å². The van der Waals surface area contributed by atoms with Crippen LogP contribution in [0.2, 0.25) is 0 Å². The first-order valence-corrected chi connectivity index (χ1v) is 5.95. The van der Waals surface area contributed by atoms with Crippen LogP contribution in [0.1, 0.15) is 25.3 Å². The molecule has 0 fully saturated rings. The first kappa shape index (κ1) is 10.3. The van der Waals surface area contributed by atoms with Crippen molar-refractivity contribution in [1.29, 1.82) is 0 Å². The fraction of sp³-hybridized carbons (Fsp3) is 0.300. The highest BCUT2D eigenvalue weighted by molar-refractivity contribution is 7.98. The molecule has 0 saturated carbocycles. The van der Waals surface area contributed by atoms with Gasteiger partial charge >= 0.3 is 0 Å². The van der Waals surface area contributed by atoms with E-state index in [0.717, 1.165) is 0 Å².